The molecule has 0 saturated carbocycles. The normalized spacial score (nSPS) is 12.7. The molecule has 0 heterocycles. The van der Waals surface area contributed by atoms with Gasteiger partial charge in [-0.05, 0) is 44.9 Å². The van der Waals surface area contributed by atoms with Crippen molar-refractivity contribution in [1.82, 2.24) is 0 Å². The Morgan fingerprint density at radius 2 is 1.90 bits per heavy atom. The molecule has 0 aliphatic rings. The van der Waals surface area contributed by atoms with Crippen molar-refractivity contribution in [2.75, 3.05) is 5.32 Å². The van der Waals surface area contributed by atoms with E-state index in [0.29, 0.717) is 5.69 Å². The van der Waals surface area contributed by atoms with Crippen LogP contribution in [0.1, 0.15) is 38.0 Å². The number of hydrogen-bond acceptors (Lipinski definition) is 4. The van der Waals surface area contributed by atoms with E-state index >= 15 is 0 Å². The van der Waals surface area contributed by atoms with Crippen LogP contribution in [0, 0.1) is 6.92 Å². The van der Waals surface area contributed by atoms with Crippen LogP contribution in [-0.2, 0) is 9.53 Å². The minimum Gasteiger partial charge on any atom is -0.479 e. The number of carboxylic acid groups (broad SMARTS) is 1. The van der Waals surface area contributed by atoms with Crippen molar-refractivity contribution in [3.05, 3.63) is 29.3 Å². The Bertz CT molecular complexity index is 519. The van der Waals surface area contributed by atoms with Gasteiger partial charge in [-0.3, -0.25) is 5.32 Å². The summed E-state index contributed by atoms with van der Waals surface area (Å²) in [4.78, 5) is 22.4. The highest BCUT2D eigenvalue weighted by atomic mass is 16.6. The Morgan fingerprint density at radius 3 is 2.40 bits per heavy atom. The lowest BCUT2D eigenvalue weighted by Gasteiger charge is -2.20. The third kappa shape index (κ3) is 4.55. The molecule has 1 aromatic carbocycles. The van der Waals surface area contributed by atoms with E-state index in [1.165, 1.54) is 12.1 Å². The Labute approximate surface area is 117 Å². The van der Waals surface area contributed by atoms with Crippen molar-refractivity contribution in [3.63, 3.8) is 0 Å². The predicted octanol–water partition coefficient (Wildman–Crippen LogP) is 2.46. The van der Waals surface area contributed by atoms with Crippen LogP contribution in [0.25, 0.3) is 0 Å². The number of carboxylic acids is 1. The molecule has 0 aliphatic carbocycles. The number of benzene rings is 1. The van der Waals surface area contributed by atoms with Crippen molar-refractivity contribution in [2.45, 2.75) is 39.4 Å². The van der Waals surface area contributed by atoms with Gasteiger partial charge < -0.3 is 14.9 Å². The zero-order valence-corrected chi connectivity index (χ0v) is 11.9. The molecular weight excluding hydrogens is 262 g/mol. The number of aliphatic hydroxyl groups is 1. The number of nitrogens with one attached hydrogen (secondary N) is 1. The van der Waals surface area contributed by atoms with Gasteiger partial charge in [0.2, 0.25) is 0 Å². The van der Waals surface area contributed by atoms with Gasteiger partial charge in [-0.2, -0.15) is 0 Å². The van der Waals surface area contributed by atoms with E-state index in [0.717, 1.165) is 5.56 Å². The molecule has 0 aromatic heterocycles. The van der Waals surface area contributed by atoms with Crippen molar-refractivity contribution in [3.8, 4) is 0 Å². The lowest BCUT2D eigenvalue weighted by atomic mass is 10.1. The van der Waals surface area contributed by atoms with Gasteiger partial charge in [0.05, 0.1) is 0 Å². The zero-order valence-electron chi connectivity index (χ0n) is 11.9. The van der Waals surface area contributed by atoms with Gasteiger partial charge in [-0.25, -0.2) is 9.59 Å². The number of ether oxygens (including phenoxy) is 1. The standard InChI is InChI=1S/C14H19NO5/c1-8-5-6-9(11(16)12(17)18)7-10(8)15-13(19)20-14(2,3)4/h5-7,11,16H,1-4H3,(H,15,19)(H,17,18). The van der Waals surface area contributed by atoms with Gasteiger partial charge in [0.15, 0.2) is 6.10 Å². The second-order valence-electron chi connectivity index (χ2n) is 5.44. The van der Waals surface area contributed by atoms with Crippen LogP contribution in [0.4, 0.5) is 10.5 Å². The van der Waals surface area contributed by atoms with Gasteiger partial charge in [0, 0.05) is 5.69 Å². The van der Waals surface area contributed by atoms with Crippen LogP contribution in [0.3, 0.4) is 0 Å². The SMILES string of the molecule is Cc1ccc(C(O)C(=O)O)cc1NC(=O)OC(C)(C)C. The smallest absolute Gasteiger partial charge is 0.412 e. The predicted molar refractivity (Wildman–Crippen MR) is 73.6 cm³/mol. The fraction of sp³-hybridized carbons (Fsp3) is 0.429. The van der Waals surface area contributed by atoms with Crippen LogP contribution in [0.5, 0.6) is 0 Å². The number of carbonyl (C=O) groups excluding carboxylic acids is 1. The monoisotopic (exact) mass is 281 g/mol. The second kappa shape index (κ2) is 5.92. The largest absolute Gasteiger partial charge is 0.479 e. The Balaban J connectivity index is 2.92. The molecule has 0 spiro atoms. The number of aryl methyl sites for hydroxylation is 1. The summed E-state index contributed by atoms with van der Waals surface area (Å²) in [6.45, 7) is 6.97. The summed E-state index contributed by atoms with van der Waals surface area (Å²) in [5.41, 5.74) is 0.694. The van der Waals surface area contributed by atoms with E-state index in [2.05, 4.69) is 5.32 Å². The molecule has 1 atom stereocenters. The van der Waals surface area contributed by atoms with E-state index in [-0.39, 0.29) is 5.56 Å². The number of rotatable bonds is 3. The number of anilines is 1. The summed E-state index contributed by atoms with van der Waals surface area (Å²) >= 11 is 0. The molecular formula is C14H19NO5. The number of aliphatic hydroxyl groups excluding tert-OH is 1. The summed E-state index contributed by atoms with van der Waals surface area (Å²) < 4.78 is 5.12. The Hall–Kier alpha value is -2.08. The summed E-state index contributed by atoms with van der Waals surface area (Å²) in [5, 5.41) is 20.8. The average Bonchev–Trinajstić information content (AvgIpc) is 2.28. The first-order chi connectivity index (χ1) is 9.10. The molecule has 110 valence electrons. The summed E-state index contributed by atoms with van der Waals surface area (Å²) in [6.07, 6.45) is -2.27. The number of amides is 1. The van der Waals surface area contributed by atoms with Gasteiger partial charge in [-0.15, -0.1) is 0 Å². The van der Waals surface area contributed by atoms with Gasteiger partial charge >= 0.3 is 12.1 Å². The third-order valence-corrected chi connectivity index (χ3v) is 2.45. The maximum absolute atomic E-state index is 11.7. The quantitative estimate of drug-likeness (QED) is 0.791. The Morgan fingerprint density at radius 1 is 1.30 bits per heavy atom. The topological polar surface area (TPSA) is 95.9 Å². The highest BCUT2D eigenvalue weighted by Gasteiger charge is 2.19. The molecule has 6 nitrogen and oxygen atoms in total. The summed E-state index contributed by atoms with van der Waals surface area (Å²) in [6, 6.07) is 4.53. The molecule has 1 amide bonds. The molecule has 1 unspecified atom stereocenters. The van der Waals surface area contributed by atoms with E-state index in [9.17, 15) is 14.7 Å². The van der Waals surface area contributed by atoms with E-state index in [4.69, 9.17) is 9.84 Å². The zero-order chi connectivity index (χ0) is 15.5. The molecule has 0 saturated heterocycles. The first-order valence-electron chi connectivity index (χ1n) is 6.11. The van der Waals surface area contributed by atoms with Crippen LogP contribution >= 0.6 is 0 Å². The van der Waals surface area contributed by atoms with Gasteiger partial charge in [-0.1, -0.05) is 12.1 Å². The van der Waals surface area contributed by atoms with Crippen molar-refractivity contribution >= 4 is 17.7 Å². The maximum atomic E-state index is 11.7. The summed E-state index contributed by atoms with van der Waals surface area (Å²) in [7, 11) is 0. The van der Waals surface area contributed by atoms with Crippen LogP contribution in [0.15, 0.2) is 18.2 Å². The molecule has 6 heteroatoms. The van der Waals surface area contributed by atoms with E-state index in [1.54, 1.807) is 33.8 Å². The molecule has 1 rings (SSSR count). The molecule has 0 radical (unpaired) electrons. The van der Waals surface area contributed by atoms with Crippen molar-refractivity contribution in [1.29, 1.82) is 0 Å². The number of hydrogen-bond donors (Lipinski definition) is 3. The molecule has 1 aromatic rings. The van der Waals surface area contributed by atoms with E-state index < -0.39 is 23.8 Å². The molecule has 0 fully saturated rings. The first-order valence-corrected chi connectivity index (χ1v) is 6.11. The highest BCUT2D eigenvalue weighted by molar-refractivity contribution is 5.86. The van der Waals surface area contributed by atoms with Crippen LogP contribution < -0.4 is 5.32 Å². The fourth-order valence-electron chi connectivity index (χ4n) is 1.50. The van der Waals surface area contributed by atoms with E-state index in [1.807, 2.05) is 0 Å². The fourth-order valence-corrected chi connectivity index (χ4v) is 1.50. The summed E-state index contributed by atoms with van der Waals surface area (Å²) in [5.74, 6) is -1.35. The van der Waals surface area contributed by atoms with Crippen LogP contribution in [-0.4, -0.2) is 27.9 Å². The van der Waals surface area contributed by atoms with Crippen molar-refractivity contribution < 1.29 is 24.5 Å². The molecule has 3 N–H and O–H groups in total. The molecule has 20 heavy (non-hydrogen) atoms. The number of carbonyl (C=O) groups is 2. The lowest BCUT2D eigenvalue weighted by molar-refractivity contribution is -0.146. The Kier molecular flexibility index (Phi) is 4.73. The molecule has 0 bridgehead atoms. The average molecular weight is 281 g/mol. The van der Waals surface area contributed by atoms with Crippen molar-refractivity contribution in [2.24, 2.45) is 0 Å². The minimum atomic E-state index is -1.63. The second-order valence-corrected chi connectivity index (χ2v) is 5.44. The van der Waals surface area contributed by atoms with Crippen LogP contribution in [0.2, 0.25) is 0 Å². The number of aliphatic carboxylic acids is 1. The third-order valence-electron chi connectivity index (χ3n) is 2.45. The minimum absolute atomic E-state index is 0.189. The molecule has 0 aliphatic heterocycles. The van der Waals surface area contributed by atoms with Gasteiger partial charge in [0.25, 0.3) is 0 Å². The van der Waals surface area contributed by atoms with Gasteiger partial charge in [0.1, 0.15) is 5.60 Å². The highest BCUT2D eigenvalue weighted by Crippen LogP contribution is 2.22. The maximum Gasteiger partial charge on any atom is 0.412 e. The lowest BCUT2D eigenvalue weighted by Crippen LogP contribution is -2.27. The first kappa shape index (κ1) is 16.0.